The number of benzene rings is 1. The minimum atomic E-state index is -0.217. The zero-order valence-corrected chi connectivity index (χ0v) is 12.3. The maximum Gasteiger partial charge on any atom is 0.133 e. The van der Waals surface area contributed by atoms with Gasteiger partial charge in [0, 0.05) is 0 Å². The molecule has 2 unspecified atom stereocenters. The minimum absolute atomic E-state index is 0.217. The van der Waals surface area contributed by atoms with Crippen molar-refractivity contribution in [1.82, 2.24) is 0 Å². The summed E-state index contributed by atoms with van der Waals surface area (Å²) >= 11 is 5.41. The summed E-state index contributed by atoms with van der Waals surface area (Å²) in [6.07, 6.45) is 1.65. The minimum Gasteiger partial charge on any atom is -0.496 e. The quantitative estimate of drug-likeness (QED) is 0.925. The Morgan fingerprint density at radius 1 is 1.59 bits per heavy atom. The molecule has 4 heteroatoms. The standard InChI is InChI=1S/C13H17BrO2S/c1-16-13-3-2-9(6-11(13)14)7-12(15)10-4-5-17-8-10/h2-3,6,10,12,15H,4-5,7-8H2,1H3. The van der Waals surface area contributed by atoms with Crippen LogP contribution in [0.5, 0.6) is 5.75 Å². The summed E-state index contributed by atoms with van der Waals surface area (Å²) in [7, 11) is 1.66. The molecule has 0 aromatic heterocycles. The Labute approximate surface area is 115 Å². The van der Waals surface area contributed by atoms with Crippen molar-refractivity contribution in [2.75, 3.05) is 18.6 Å². The summed E-state index contributed by atoms with van der Waals surface area (Å²) in [5.74, 6) is 3.58. The molecule has 0 saturated carbocycles. The van der Waals surface area contributed by atoms with Gasteiger partial charge >= 0.3 is 0 Å². The van der Waals surface area contributed by atoms with Gasteiger partial charge in [0.15, 0.2) is 0 Å². The largest absolute Gasteiger partial charge is 0.496 e. The molecule has 2 nitrogen and oxygen atoms in total. The smallest absolute Gasteiger partial charge is 0.133 e. The van der Waals surface area contributed by atoms with Crippen LogP contribution in [0, 0.1) is 5.92 Å². The van der Waals surface area contributed by atoms with Crippen molar-refractivity contribution in [2.24, 2.45) is 5.92 Å². The molecule has 0 radical (unpaired) electrons. The fourth-order valence-electron chi connectivity index (χ4n) is 2.10. The molecule has 1 aromatic rings. The first-order valence-corrected chi connectivity index (χ1v) is 7.73. The molecule has 2 atom stereocenters. The van der Waals surface area contributed by atoms with Crippen molar-refractivity contribution in [3.05, 3.63) is 28.2 Å². The zero-order chi connectivity index (χ0) is 12.3. The maximum atomic E-state index is 10.2. The van der Waals surface area contributed by atoms with Gasteiger partial charge in [-0.05, 0) is 63.9 Å². The molecule has 17 heavy (non-hydrogen) atoms. The van der Waals surface area contributed by atoms with Crippen LogP contribution in [0.2, 0.25) is 0 Å². The SMILES string of the molecule is COc1ccc(CC(O)C2CCSC2)cc1Br. The van der Waals surface area contributed by atoms with E-state index in [2.05, 4.69) is 15.9 Å². The van der Waals surface area contributed by atoms with Crippen molar-refractivity contribution in [2.45, 2.75) is 18.9 Å². The summed E-state index contributed by atoms with van der Waals surface area (Å²) in [6, 6.07) is 5.99. The molecule has 1 aliphatic rings. The number of hydrogen-bond donors (Lipinski definition) is 1. The molecule has 1 fully saturated rings. The van der Waals surface area contributed by atoms with Crippen LogP contribution in [-0.4, -0.2) is 29.8 Å². The van der Waals surface area contributed by atoms with Gasteiger partial charge in [-0.1, -0.05) is 6.07 Å². The number of aliphatic hydroxyl groups is 1. The van der Waals surface area contributed by atoms with Crippen LogP contribution in [0.3, 0.4) is 0 Å². The molecular weight excluding hydrogens is 300 g/mol. The topological polar surface area (TPSA) is 29.5 Å². The normalized spacial score (nSPS) is 21.5. The summed E-state index contributed by atoms with van der Waals surface area (Å²) in [6.45, 7) is 0. The second-order valence-electron chi connectivity index (χ2n) is 4.36. The van der Waals surface area contributed by atoms with Crippen molar-refractivity contribution < 1.29 is 9.84 Å². The lowest BCUT2D eigenvalue weighted by Crippen LogP contribution is -2.22. The third kappa shape index (κ3) is 3.39. The van der Waals surface area contributed by atoms with Gasteiger partial charge in [-0.15, -0.1) is 0 Å². The number of aliphatic hydroxyl groups excluding tert-OH is 1. The Morgan fingerprint density at radius 3 is 3.00 bits per heavy atom. The van der Waals surface area contributed by atoms with Crippen LogP contribution in [0.1, 0.15) is 12.0 Å². The van der Waals surface area contributed by atoms with E-state index in [9.17, 15) is 5.11 Å². The summed E-state index contributed by atoms with van der Waals surface area (Å²) in [5.41, 5.74) is 1.15. The number of rotatable bonds is 4. The Kier molecular flexibility index (Phi) is 4.77. The lowest BCUT2D eigenvalue weighted by Gasteiger charge is -2.17. The molecule has 94 valence electrons. The van der Waals surface area contributed by atoms with Gasteiger partial charge < -0.3 is 9.84 Å². The van der Waals surface area contributed by atoms with Crippen LogP contribution in [0.25, 0.3) is 0 Å². The monoisotopic (exact) mass is 316 g/mol. The molecule has 0 spiro atoms. The number of hydrogen-bond acceptors (Lipinski definition) is 3. The lowest BCUT2D eigenvalue weighted by molar-refractivity contribution is 0.120. The fraction of sp³-hybridized carbons (Fsp3) is 0.538. The van der Waals surface area contributed by atoms with Gasteiger partial charge in [-0.2, -0.15) is 11.8 Å². The summed E-state index contributed by atoms with van der Waals surface area (Å²) < 4.78 is 6.14. The summed E-state index contributed by atoms with van der Waals surface area (Å²) in [5, 5.41) is 10.2. The van der Waals surface area contributed by atoms with Crippen LogP contribution in [0.4, 0.5) is 0 Å². The van der Waals surface area contributed by atoms with Crippen molar-refractivity contribution in [1.29, 1.82) is 0 Å². The van der Waals surface area contributed by atoms with Crippen molar-refractivity contribution >= 4 is 27.7 Å². The van der Waals surface area contributed by atoms with E-state index in [0.717, 1.165) is 34.4 Å². The van der Waals surface area contributed by atoms with Crippen LogP contribution in [-0.2, 0) is 6.42 Å². The van der Waals surface area contributed by atoms with E-state index < -0.39 is 0 Å². The van der Waals surface area contributed by atoms with Crippen molar-refractivity contribution in [3.63, 3.8) is 0 Å². The van der Waals surface area contributed by atoms with Gasteiger partial charge in [0.1, 0.15) is 5.75 Å². The molecule has 1 N–H and O–H groups in total. The Balaban J connectivity index is 2.00. The first-order chi connectivity index (χ1) is 8.20. The molecule has 1 saturated heterocycles. The first-order valence-electron chi connectivity index (χ1n) is 5.79. The third-order valence-corrected chi connectivity index (χ3v) is 4.98. The number of thioether (sulfide) groups is 1. The maximum absolute atomic E-state index is 10.2. The Morgan fingerprint density at radius 2 is 2.41 bits per heavy atom. The van der Waals surface area contributed by atoms with Crippen LogP contribution in [0.15, 0.2) is 22.7 Å². The van der Waals surface area contributed by atoms with Gasteiger partial charge in [-0.25, -0.2) is 0 Å². The highest BCUT2D eigenvalue weighted by Gasteiger charge is 2.23. The van der Waals surface area contributed by atoms with Crippen LogP contribution < -0.4 is 4.74 Å². The second-order valence-corrected chi connectivity index (χ2v) is 6.37. The lowest BCUT2D eigenvalue weighted by atomic mass is 9.96. The second kappa shape index (κ2) is 6.12. The van der Waals surface area contributed by atoms with E-state index >= 15 is 0 Å². The van der Waals surface area contributed by atoms with E-state index in [-0.39, 0.29) is 6.10 Å². The van der Waals surface area contributed by atoms with E-state index in [1.54, 1.807) is 7.11 Å². The average Bonchev–Trinajstić information content (AvgIpc) is 2.82. The molecule has 0 aliphatic carbocycles. The van der Waals surface area contributed by atoms with E-state index in [4.69, 9.17) is 4.74 Å². The third-order valence-electron chi connectivity index (χ3n) is 3.17. The molecule has 0 amide bonds. The molecule has 1 aliphatic heterocycles. The molecule has 0 bridgehead atoms. The van der Waals surface area contributed by atoms with E-state index in [1.807, 2.05) is 30.0 Å². The highest BCUT2D eigenvalue weighted by Crippen LogP contribution is 2.30. The Hall–Kier alpha value is -0.190. The molecule has 2 rings (SSSR count). The predicted molar refractivity (Wildman–Crippen MR) is 75.8 cm³/mol. The first kappa shape index (κ1) is 13.2. The van der Waals surface area contributed by atoms with Crippen LogP contribution >= 0.6 is 27.7 Å². The molecule has 1 aromatic carbocycles. The van der Waals surface area contributed by atoms with Crippen molar-refractivity contribution in [3.8, 4) is 5.75 Å². The van der Waals surface area contributed by atoms with Gasteiger partial charge in [0.2, 0.25) is 0 Å². The average molecular weight is 317 g/mol. The highest BCUT2D eigenvalue weighted by atomic mass is 79.9. The highest BCUT2D eigenvalue weighted by molar-refractivity contribution is 9.10. The predicted octanol–water partition coefficient (Wildman–Crippen LogP) is 3.11. The summed E-state index contributed by atoms with van der Waals surface area (Å²) in [4.78, 5) is 0. The number of methoxy groups -OCH3 is 1. The van der Waals surface area contributed by atoms with Gasteiger partial charge in [0.05, 0.1) is 17.7 Å². The number of ether oxygens (including phenoxy) is 1. The van der Waals surface area contributed by atoms with E-state index in [1.165, 1.54) is 5.75 Å². The Bertz CT molecular complexity index is 378. The molecular formula is C13H17BrO2S. The fourth-order valence-corrected chi connectivity index (χ4v) is 4.02. The zero-order valence-electron chi connectivity index (χ0n) is 9.86. The number of halogens is 1. The van der Waals surface area contributed by atoms with E-state index in [0.29, 0.717) is 5.92 Å². The van der Waals surface area contributed by atoms with Gasteiger partial charge in [-0.3, -0.25) is 0 Å². The molecule has 1 heterocycles. The van der Waals surface area contributed by atoms with Gasteiger partial charge in [0.25, 0.3) is 0 Å².